The normalized spacial score (nSPS) is 13.8. The van der Waals surface area contributed by atoms with E-state index in [1.165, 1.54) is 295 Å². The molecule has 0 radical (unpaired) electrons. The third kappa shape index (κ3) is 15.6. The number of aromatic nitrogens is 2. The maximum absolute atomic E-state index is 2.61. The maximum atomic E-state index is 2.61. The highest BCUT2D eigenvalue weighted by Gasteiger charge is 2.45. The summed E-state index contributed by atoms with van der Waals surface area (Å²) in [4.78, 5) is 4.81. The Balaban J connectivity index is 0.443. The van der Waals surface area contributed by atoms with E-state index in [4.69, 9.17) is 0 Å². The summed E-state index contributed by atoms with van der Waals surface area (Å²) in [6.45, 7) is 25.8. The molecular weight excluding hydrogens is 1810 g/mol. The minimum atomic E-state index is -0.246. The first-order valence-corrected chi connectivity index (χ1v) is 54.6. The van der Waals surface area contributed by atoms with Crippen LogP contribution in [0, 0.1) is 20.8 Å². The minimum Gasteiger partial charge on any atom is -0.345 e. The summed E-state index contributed by atoms with van der Waals surface area (Å²) in [5.74, 6) is 0. The van der Waals surface area contributed by atoms with E-state index in [0.717, 1.165) is 47.0 Å². The lowest BCUT2D eigenvalue weighted by Crippen LogP contribution is -2.25. The van der Waals surface area contributed by atoms with Gasteiger partial charge in [-0.05, 0) is 380 Å². The van der Waals surface area contributed by atoms with E-state index in [1.54, 1.807) is 0 Å². The zero-order valence-corrected chi connectivity index (χ0v) is 88.3. The largest absolute Gasteiger partial charge is 0.345 e. The quantitative estimate of drug-likeness (QED) is 0.0530. The molecule has 0 unspecified atom stereocenters. The minimum absolute atomic E-state index is 0.0900. The molecular formula is C146H126N4. The van der Waals surface area contributed by atoms with E-state index in [1.807, 2.05) is 0 Å². The summed E-state index contributed by atoms with van der Waals surface area (Å²) in [6.07, 6.45) is 12.2. The fourth-order valence-electron chi connectivity index (χ4n) is 26.7. The zero-order chi connectivity index (χ0) is 102. The number of rotatable bonds is 25. The highest BCUT2D eigenvalue weighted by molar-refractivity contribution is 6.12. The summed E-state index contributed by atoms with van der Waals surface area (Å²) in [7, 11) is 2.20. The predicted molar refractivity (Wildman–Crippen MR) is 638 cm³/mol. The molecule has 0 amide bonds. The average molecular weight is 1940 g/mol. The third-order valence-electron chi connectivity index (χ3n) is 34.9. The Morgan fingerprint density at radius 3 is 1.00 bits per heavy atom. The van der Waals surface area contributed by atoms with E-state index < -0.39 is 0 Å². The standard InChI is InChI=1S/C146H126N4/c1-13-15-17-27-79-146(80-28-18-16-14-2)137-88-106(98-49-62-111(63-50-98)149-139-40-24-20-36-127(139)128-37-21-25-41-140(128)149)55-71-125(137)126-72-56-107(89-138(126)146)99-51-64-112(65-52-99)150-141-42-26-22-38-129(141)130-85-103(59-78-142(130)150)101-32-29-31-100(83-101)102-33-30-34-113(84-102)147(12)114-66-75-117(94(4)81-114)108-57-73-122-123-74-58-109(91-135(123)145(10,11)134(122)90-108)118-76-67-115(82-95(118)5)148(116-68-77-124-119-35-19-23-39-131(119)143(6,7)136(124)92-116)110-60-47-97(48-61-110)105-54-70-121-120-69-53-104(96-45-43-93(3)44-46-96)86-132(120)144(8,9)133(121)87-105/h19-26,29-78,81-92H,13-18,27-28,79-80H2,1-12H3. The highest BCUT2D eigenvalue weighted by atomic mass is 15.1. The first-order valence-electron chi connectivity index (χ1n) is 54.6. The Bertz CT molecular complexity index is 9090. The number of hydrogen-bond donors (Lipinski definition) is 0. The molecule has 20 aromatic carbocycles. The second-order valence-corrected chi connectivity index (χ2v) is 44.9. The molecule has 4 aliphatic rings. The third-order valence-corrected chi connectivity index (χ3v) is 34.9. The number of unbranched alkanes of at least 4 members (excludes halogenated alkanes) is 6. The van der Waals surface area contributed by atoms with Crippen molar-refractivity contribution < 1.29 is 0 Å². The molecule has 4 nitrogen and oxygen atoms in total. The first kappa shape index (κ1) is 93.4. The lowest BCUT2D eigenvalue weighted by molar-refractivity contribution is 0.401. The molecule has 0 N–H and O–H groups in total. The van der Waals surface area contributed by atoms with Crippen molar-refractivity contribution in [1.82, 2.24) is 9.13 Å². The zero-order valence-electron chi connectivity index (χ0n) is 88.3. The van der Waals surface area contributed by atoms with Crippen LogP contribution in [0.5, 0.6) is 0 Å². The molecule has 4 aliphatic carbocycles. The fraction of sp³-hybridized carbons (Fsp3) is 0.178. The number of nitrogens with zero attached hydrogens (tertiary/aromatic N) is 4. The summed E-state index contributed by atoms with van der Waals surface area (Å²) in [6, 6.07) is 163. The SMILES string of the molecule is CCCCCCC1(CCCCCC)c2cc(-c3ccc(-n4c5ccccc5c5ccccc54)cc3)ccc2-c2ccc(-c3ccc(-n4c5ccccc5c5cc(-c6cccc(-c7cccc(N(C)c8ccc(-c9ccc%10c(c9)C(C)(C)c9cc(-c%11ccc(N(c%12ccc(-c%13ccc%14c(c%13)C(C)(C)c%13cc(-c%15ccc(C)cc%15)ccc%13-%14)cc%12)c%12ccc%13c(c%12)C(C)(C)c%12ccccc%12-%13)cc%11C)ccc9-%10)c(C)c8)c7)c6)ccc54)cc3)cc21. The van der Waals surface area contributed by atoms with Gasteiger partial charge in [-0.1, -0.05) is 379 Å². The molecule has 0 saturated heterocycles. The molecule has 2 heterocycles. The van der Waals surface area contributed by atoms with E-state index in [0.29, 0.717) is 0 Å². The van der Waals surface area contributed by atoms with Crippen LogP contribution in [0.3, 0.4) is 0 Å². The molecule has 2 aromatic heterocycles. The van der Waals surface area contributed by atoms with Crippen molar-refractivity contribution in [2.45, 2.75) is 162 Å². The summed E-state index contributed by atoms with van der Waals surface area (Å²) >= 11 is 0. The van der Waals surface area contributed by atoms with Gasteiger partial charge in [-0.3, -0.25) is 0 Å². The monoisotopic (exact) mass is 1930 g/mol. The summed E-state index contributed by atoms with van der Waals surface area (Å²) in [5, 5.41) is 5.06. The Kier molecular flexibility index (Phi) is 22.9. The van der Waals surface area contributed by atoms with Crippen molar-refractivity contribution in [3.05, 3.63) is 486 Å². The second kappa shape index (κ2) is 36.9. The average Bonchev–Trinajstić information content (AvgIpc) is 1.56. The van der Waals surface area contributed by atoms with Crippen LogP contribution >= 0.6 is 0 Å². The number of benzene rings is 20. The van der Waals surface area contributed by atoms with Gasteiger partial charge in [0.05, 0.1) is 22.1 Å². The van der Waals surface area contributed by atoms with E-state index >= 15 is 0 Å². The Hall–Kier alpha value is -16.4. The lowest BCUT2D eigenvalue weighted by atomic mass is 9.70. The molecule has 150 heavy (non-hydrogen) atoms. The molecule has 26 rings (SSSR count). The van der Waals surface area contributed by atoms with Crippen molar-refractivity contribution in [1.29, 1.82) is 0 Å². The van der Waals surface area contributed by atoms with E-state index in [9.17, 15) is 0 Å². The molecule has 0 bridgehead atoms. The van der Waals surface area contributed by atoms with Crippen LogP contribution in [0.25, 0.3) is 189 Å². The van der Waals surface area contributed by atoms with Gasteiger partial charge in [0.15, 0.2) is 0 Å². The van der Waals surface area contributed by atoms with Crippen molar-refractivity contribution in [3.8, 4) is 145 Å². The van der Waals surface area contributed by atoms with Gasteiger partial charge >= 0.3 is 0 Å². The van der Waals surface area contributed by atoms with Crippen LogP contribution in [0.1, 0.15) is 181 Å². The van der Waals surface area contributed by atoms with Gasteiger partial charge in [-0.25, -0.2) is 0 Å². The van der Waals surface area contributed by atoms with Crippen LogP contribution in [0.15, 0.2) is 425 Å². The van der Waals surface area contributed by atoms with Crippen LogP contribution in [0.2, 0.25) is 0 Å². The Morgan fingerprint density at radius 1 is 0.207 bits per heavy atom. The van der Waals surface area contributed by atoms with Crippen LogP contribution in [-0.4, -0.2) is 16.2 Å². The van der Waals surface area contributed by atoms with Crippen molar-refractivity contribution in [2.75, 3.05) is 16.8 Å². The van der Waals surface area contributed by atoms with Gasteiger partial charge in [0.25, 0.3) is 0 Å². The highest BCUT2D eigenvalue weighted by Crippen LogP contribution is 2.60. The lowest BCUT2D eigenvalue weighted by Gasteiger charge is -2.33. The smallest absolute Gasteiger partial charge is 0.0541 e. The molecule has 0 fully saturated rings. The van der Waals surface area contributed by atoms with Gasteiger partial charge in [-0.15, -0.1) is 0 Å². The number of hydrogen-bond acceptors (Lipinski definition) is 2. The molecule has 22 aromatic rings. The number of anilines is 5. The van der Waals surface area contributed by atoms with Gasteiger partial charge in [-0.2, -0.15) is 0 Å². The molecule has 0 aliphatic heterocycles. The number of aryl methyl sites for hydroxylation is 3. The molecule has 4 heteroatoms. The van der Waals surface area contributed by atoms with Gasteiger partial charge in [0.1, 0.15) is 0 Å². The maximum Gasteiger partial charge on any atom is 0.0541 e. The summed E-state index contributed by atoms with van der Waals surface area (Å²) in [5.41, 5.74) is 57.6. The van der Waals surface area contributed by atoms with Crippen LogP contribution in [0.4, 0.5) is 28.4 Å². The molecule has 0 saturated carbocycles. The van der Waals surface area contributed by atoms with Gasteiger partial charge < -0.3 is 18.9 Å². The summed E-state index contributed by atoms with van der Waals surface area (Å²) < 4.78 is 4.90. The van der Waals surface area contributed by atoms with E-state index in [-0.39, 0.29) is 21.7 Å². The van der Waals surface area contributed by atoms with Gasteiger partial charge in [0, 0.05) is 90.1 Å². The molecule has 730 valence electrons. The van der Waals surface area contributed by atoms with Crippen LogP contribution in [-0.2, 0) is 21.7 Å². The Labute approximate surface area is 884 Å². The Morgan fingerprint density at radius 2 is 0.520 bits per heavy atom. The van der Waals surface area contributed by atoms with Crippen LogP contribution < -0.4 is 9.80 Å². The van der Waals surface area contributed by atoms with E-state index in [2.05, 4.69) is 527 Å². The van der Waals surface area contributed by atoms with Crippen molar-refractivity contribution in [2.24, 2.45) is 0 Å². The fourth-order valence-corrected chi connectivity index (χ4v) is 26.7. The second-order valence-electron chi connectivity index (χ2n) is 44.9. The topological polar surface area (TPSA) is 16.3 Å². The predicted octanol–water partition coefficient (Wildman–Crippen LogP) is 40.5. The molecule has 0 spiro atoms. The number of fused-ring (bicyclic) bond motifs is 18. The van der Waals surface area contributed by atoms with Gasteiger partial charge in [0.2, 0.25) is 0 Å². The molecule has 0 atom stereocenters. The first-order chi connectivity index (χ1) is 73.1. The van der Waals surface area contributed by atoms with Crippen molar-refractivity contribution in [3.63, 3.8) is 0 Å². The van der Waals surface area contributed by atoms with Crippen molar-refractivity contribution >= 4 is 72.0 Å². The number of para-hydroxylation sites is 3.